The van der Waals surface area contributed by atoms with E-state index in [1.165, 1.54) is 0 Å². The number of methoxy groups -OCH3 is 1. The number of hydrogen-bond donors (Lipinski definition) is 2. The van der Waals surface area contributed by atoms with Crippen molar-refractivity contribution in [2.24, 2.45) is 5.41 Å². The van der Waals surface area contributed by atoms with E-state index in [2.05, 4.69) is 10.6 Å². The molecule has 0 aromatic carbocycles. The lowest BCUT2D eigenvalue weighted by atomic mass is 9.89. The zero-order valence-corrected chi connectivity index (χ0v) is 9.06. The highest BCUT2D eigenvalue weighted by molar-refractivity contribution is 5.82. The van der Waals surface area contributed by atoms with Gasteiger partial charge in [-0.3, -0.25) is 4.79 Å². The van der Waals surface area contributed by atoms with Crippen LogP contribution in [-0.4, -0.2) is 39.3 Å². The molecule has 0 radical (unpaired) electrons. The van der Waals surface area contributed by atoms with Gasteiger partial charge in [-0.1, -0.05) is 0 Å². The maximum absolute atomic E-state index is 11.7. The lowest BCUT2D eigenvalue weighted by Gasteiger charge is -2.21. The molecule has 1 atom stereocenters. The van der Waals surface area contributed by atoms with Crippen molar-refractivity contribution >= 4 is 5.91 Å². The fourth-order valence-electron chi connectivity index (χ4n) is 1.64. The van der Waals surface area contributed by atoms with E-state index in [0.29, 0.717) is 13.2 Å². The number of amides is 1. The molecule has 0 aromatic rings. The fourth-order valence-corrected chi connectivity index (χ4v) is 1.64. The Bertz CT molecular complexity index is 189. The van der Waals surface area contributed by atoms with E-state index >= 15 is 0 Å². The van der Waals surface area contributed by atoms with Gasteiger partial charge < -0.3 is 15.4 Å². The Labute approximate surface area is 85.4 Å². The molecule has 4 nitrogen and oxygen atoms in total. The molecular weight excluding hydrogens is 180 g/mol. The Morgan fingerprint density at radius 1 is 1.64 bits per heavy atom. The number of hydrogen-bond acceptors (Lipinski definition) is 3. The SMILES string of the molecule is COCCCNC(=O)C1(C)CCNC1. The molecule has 1 unspecified atom stereocenters. The second kappa shape index (κ2) is 5.32. The minimum absolute atomic E-state index is 0.165. The maximum Gasteiger partial charge on any atom is 0.227 e. The molecule has 1 aliphatic heterocycles. The highest BCUT2D eigenvalue weighted by Crippen LogP contribution is 2.24. The van der Waals surface area contributed by atoms with Gasteiger partial charge in [0, 0.05) is 26.8 Å². The largest absolute Gasteiger partial charge is 0.385 e. The smallest absolute Gasteiger partial charge is 0.227 e. The van der Waals surface area contributed by atoms with E-state index in [-0.39, 0.29) is 11.3 Å². The Balaban J connectivity index is 2.20. The lowest BCUT2D eigenvalue weighted by Crippen LogP contribution is -2.40. The lowest BCUT2D eigenvalue weighted by molar-refractivity contribution is -0.129. The highest BCUT2D eigenvalue weighted by atomic mass is 16.5. The van der Waals surface area contributed by atoms with E-state index < -0.39 is 0 Å². The first-order chi connectivity index (χ1) is 6.69. The van der Waals surface area contributed by atoms with E-state index in [1.54, 1.807) is 7.11 Å². The molecule has 1 fully saturated rings. The van der Waals surface area contributed by atoms with Crippen LogP contribution < -0.4 is 10.6 Å². The second-order valence-corrected chi connectivity index (χ2v) is 4.09. The summed E-state index contributed by atoms with van der Waals surface area (Å²) >= 11 is 0. The molecule has 0 aromatic heterocycles. The molecule has 0 saturated carbocycles. The van der Waals surface area contributed by atoms with Crippen LogP contribution in [0.1, 0.15) is 19.8 Å². The summed E-state index contributed by atoms with van der Waals surface area (Å²) in [6, 6.07) is 0. The summed E-state index contributed by atoms with van der Waals surface area (Å²) in [5, 5.41) is 6.15. The average Bonchev–Trinajstić information content (AvgIpc) is 2.61. The minimum Gasteiger partial charge on any atom is -0.385 e. The van der Waals surface area contributed by atoms with Gasteiger partial charge in [-0.25, -0.2) is 0 Å². The molecule has 1 amide bonds. The van der Waals surface area contributed by atoms with Crippen molar-refractivity contribution in [2.75, 3.05) is 33.4 Å². The highest BCUT2D eigenvalue weighted by Gasteiger charge is 2.35. The summed E-state index contributed by atoms with van der Waals surface area (Å²) in [4.78, 5) is 11.7. The summed E-state index contributed by atoms with van der Waals surface area (Å²) in [7, 11) is 1.67. The predicted molar refractivity (Wildman–Crippen MR) is 55.1 cm³/mol. The van der Waals surface area contributed by atoms with Gasteiger partial charge in [-0.2, -0.15) is 0 Å². The number of nitrogens with one attached hydrogen (secondary N) is 2. The Morgan fingerprint density at radius 3 is 3.00 bits per heavy atom. The number of carbonyl (C=O) groups is 1. The van der Waals surface area contributed by atoms with Gasteiger partial charge >= 0.3 is 0 Å². The minimum atomic E-state index is -0.201. The summed E-state index contributed by atoms with van der Waals surface area (Å²) in [5.41, 5.74) is -0.201. The van der Waals surface area contributed by atoms with Gasteiger partial charge in [-0.05, 0) is 26.3 Å². The van der Waals surface area contributed by atoms with E-state index in [0.717, 1.165) is 25.9 Å². The molecule has 1 heterocycles. The Hall–Kier alpha value is -0.610. The third-order valence-corrected chi connectivity index (χ3v) is 2.73. The molecule has 82 valence electrons. The van der Waals surface area contributed by atoms with Crippen LogP contribution in [0.15, 0.2) is 0 Å². The van der Waals surface area contributed by atoms with Gasteiger partial charge in [0.2, 0.25) is 5.91 Å². The van der Waals surface area contributed by atoms with Crippen LogP contribution in [0.3, 0.4) is 0 Å². The van der Waals surface area contributed by atoms with Gasteiger partial charge in [0.15, 0.2) is 0 Å². The second-order valence-electron chi connectivity index (χ2n) is 4.09. The quantitative estimate of drug-likeness (QED) is 0.621. The summed E-state index contributed by atoms with van der Waals surface area (Å²) in [6.45, 7) is 5.17. The molecule has 0 spiro atoms. The van der Waals surface area contributed by atoms with Crippen molar-refractivity contribution in [1.29, 1.82) is 0 Å². The molecular formula is C10H20N2O2. The molecule has 0 aliphatic carbocycles. The van der Waals surface area contributed by atoms with Crippen LogP contribution in [0.5, 0.6) is 0 Å². The third-order valence-electron chi connectivity index (χ3n) is 2.73. The molecule has 1 saturated heterocycles. The zero-order chi connectivity index (χ0) is 10.4. The van der Waals surface area contributed by atoms with Crippen molar-refractivity contribution in [3.05, 3.63) is 0 Å². The molecule has 4 heteroatoms. The first-order valence-electron chi connectivity index (χ1n) is 5.17. The predicted octanol–water partition coefficient (Wildman–Crippen LogP) is 0.139. The van der Waals surface area contributed by atoms with Crippen molar-refractivity contribution in [1.82, 2.24) is 10.6 Å². The van der Waals surface area contributed by atoms with Crippen molar-refractivity contribution in [2.45, 2.75) is 19.8 Å². The molecule has 1 aliphatic rings. The Kier molecular flexibility index (Phi) is 4.35. The monoisotopic (exact) mass is 200 g/mol. The van der Waals surface area contributed by atoms with Crippen LogP contribution in [0.25, 0.3) is 0 Å². The van der Waals surface area contributed by atoms with Gasteiger partial charge in [0.1, 0.15) is 0 Å². The van der Waals surface area contributed by atoms with Gasteiger partial charge in [0.05, 0.1) is 5.41 Å². The first-order valence-corrected chi connectivity index (χ1v) is 5.17. The molecule has 2 N–H and O–H groups in total. The third kappa shape index (κ3) is 2.96. The summed E-state index contributed by atoms with van der Waals surface area (Å²) in [5.74, 6) is 0.165. The van der Waals surface area contributed by atoms with E-state index in [1.807, 2.05) is 6.92 Å². The van der Waals surface area contributed by atoms with Gasteiger partial charge in [0.25, 0.3) is 0 Å². The van der Waals surface area contributed by atoms with Crippen molar-refractivity contribution < 1.29 is 9.53 Å². The summed E-state index contributed by atoms with van der Waals surface area (Å²) in [6.07, 6.45) is 1.81. The van der Waals surface area contributed by atoms with E-state index in [9.17, 15) is 4.79 Å². The number of rotatable bonds is 5. The fraction of sp³-hybridized carbons (Fsp3) is 0.900. The number of ether oxygens (including phenoxy) is 1. The van der Waals surface area contributed by atoms with Crippen LogP contribution in [0, 0.1) is 5.41 Å². The molecule has 0 bridgehead atoms. The summed E-state index contributed by atoms with van der Waals surface area (Å²) < 4.78 is 4.91. The van der Waals surface area contributed by atoms with E-state index in [4.69, 9.17) is 4.74 Å². The Morgan fingerprint density at radius 2 is 2.43 bits per heavy atom. The van der Waals surface area contributed by atoms with Crippen LogP contribution in [0.2, 0.25) is 0 Å². The molecule has 1 rings (SSSR count). The standard InChI is InChI=1S/C10H20N2O2/c1-10(4-6-11-8-10)9(13)12-5-3-7-14-2/h11H,3-8H2,1-2H3,(H,12,13). The normalized spacial score (nSPS) is 26.4. The number of carbonyl (C=O) groups excluding carboxylic acids is 1. The van der Waals surface area contributed by atoms with Crippen molar-refractivity contribution in [3.8, 4) is 0 Å². The molecule has 14 heavy (non-hydrogen) atoms. The van der Waals surface area contributed by atoms with Crippen LogP contribution in [-0.2, 0) is 9.53 Å². The zero-order valence-electron chi connectivity index (χ0n) is 9.06. The first kappa shape index (κ1) is 11.5. The van der Waals surface area contributed by atoms with Crippen LogP contribution in [0.4, 0.5) is 0 Å². The van der Waals surface area contributed by atoms with Crippen molar-refractivity contribution in [3.63, 3.8) is 0 Å². The average molecular weight is 200 g/mol. The van der Waals surface area contributed by atoms with Gasteiger partial charge in [-0.15, -0.1) is 0 Å². The maximum atomic E-state index is 11.7. The topological polar surface area (TPSA) is 50.4 Å². The van der Waals surface area contributed by atoms with Crippen LogP contribution >= 0.6 is 0 Å².